The lowest BCUT2D eigenvalue weighted by Crippen LogP contribution is -2.39. The van der Waals surface area contributed by atoms with Crippen molar-refractivity contribution in [2.45, 2.75) is 63.2 Å². The van der Waals surface area contributed by atoms with Crippen LogP contribution in [0.2, 0.25) is 0 Å². The molecule has 0 spiro atoms. The number of carboxylic acid groups (broad SMARTS) is 1. The zero-order chi connectivity index (χ0) is 29.9. The summed E-state index contributed by atoms with van der Waals surface area (Å²) >= 11 is 0. The first-order chi connectivity index (χ1) is 20.9. The molecule has 224 valence electrons. The van der Waals surface area contributed by atoms with E-state index >= 15 is 0 Å². The highest BCUT2D eigenvalue weighted by Crippen LogP contribution is 2.37. The van der Waals surface area contributed by atoms with E-state index in [9.17, 15) is 14.0 Å². The summed E-state index contributed by atoms with van der Waals surface area (Å²) in [5.41, 5.74) is 2.60. The van der Waals surface area contributed by atoms with E-state index in [4.69, 9.17) is 14.9 Å². The minimum absolute atomic E-state index is 0.00953. The molecule has 0 radical (unpaired) electrons. The Morgan fingerprint density at radius 2 is 1.81 bits per heavy atom. The predicted octanol–water partition coefficient (Wildman–Crippen LogP) is 4.68. The molecule has 2 fully saturated rings. The third kappa shape index (κ3) is 6.45. The third-order valence-electron chi connectivity index (χ3n) is 7.92. The molecular formula is C30H33FN8O4. The van der Waals surface area contributed by atoms with Crippen LogP contribution in [0.4, 0.5) is 26.4 Å². The number of benzene rings is 1. The Hall–Kier alpha value is -4.94. The molecule has 0 saturated heterocycles. The quantitative estimate of drug-likeness (QED) is 0.207. The van der Waals surface area contributed by atoms with Crippen molar-refractivity contribution in [2.75, 3.05) is 22.6 Å². The number of rotatable bonds is 10. The summed E-state index contributed by atoms with van der Waals surface area (Å²) in [5.74, 6) is 0.150. The second kappa shape index (κ2) is 12.1. The molecule has 3 heterocycles. The zero-order valence-electron chi connectivity index (χ0n) is 23.7. The number of anilines is 3. The van der Waals surface area contributed by atoms with Crippen molar-refractivity contribution in [1.82, 2.24) is 24.9 Å². The summed E-state index contributed by atoms with van der Waals surface area (Å²) in [7, 11) is 1.64. The van der Waals surface area contributed by atoms with E-state index in [1.54, 1.807) is 7.11 Å². The molecule has 0 aliphatic heterocycles. The molecular weight excluding hydrogens is 555 g/mol. The number of fused-ring (bicyclic) bond motifs is 1. The lowest BCUT2D eigenvalue weighted by molar-refractivity contribution is 0.101. The van der Waals surface area contributed by atoms with Gasteiger partial charge in [-0.3, -0.25) is 9.78 Å². The molecule has 13 heteroatoms. The number of aromatic nitrogens is 4. The van der Waals surface area contributed by atoms with Crippen LogP contribution in [0.5, 0.6) is 5.75 Å². The van der Waals surface area contributed by atoms with Gasteiger partial charge < -0.3 is 30.7 Å². The summed E-state index contributed by atoms with van der Waals surface area (Å²) in [4.78, 5) is 35.1. The van der Waals surface area contributed by atoms with E-state index in [1.807, 2.05) is 30.3 Å². The molecule has 12 nitrogen and oxygen atoms in total. The van der Waals surface area contributed by atoms with Crippen molar-refractivity contribution in [3.8, 4) is 5.75 Å². The molecule has 4 N–H and O–H groups in total. The first kappa shape index (κ1) is 28.2. The number of halogens is 1. The summed E-state index contributed by atoms with van der Waals surface area (Å²) in [6.45, 7) is 0.621. The summed E-state index contributed by atoms with van der Waals surface area (Å²) < 4.78 is 21.1. The number of nitrogens with zero attached hydrogens (tertiary/aromatic N) is 5. The molecule has 3 aromatic heterocycles. The SMILES string of the molecule is COc1ccc(CN(c2cc(N[C@H]3CC[C@H](NC(=O)O)CC3)nn3c(C(=O)Nc4ccncc4F)cnc23)C2CC2)cc1. The van der Waals surface area contributed by atoms with E-state index in [1.165, 1.54) is 23.0 Å². The maximum atomic E-state index is 14.3. The predicted molar refractivity (Wildman–Crippen MR) is 158 cm³/mol. The van der Waals surface area contributed by atoms with Crippen molar-refractivity contribution in [2.24, 2.45) is 0 Å². The number of nitrogens with one attached hydrogen (secondary N) is 3. The van der Waals surface area contributed by atoms with Crippen LogP contribution in [0, 0.1) is 5.82 Å². The highest BCUT2D eigenvalue weighted by molar-refractivity contribution is 6.03. The Kier molecular flexibility index (Phi) is 7.95. The largest absolute Gasteiger partial charge is 0.497 e. The third-order valence-corrected chi connectivity index (χ3v) is 7.92. The molecule has 2 aliphatic rings. The van der Waals surface area contributed by atoms with Crippen LogP contribution >= 0.6 is 0 Å². The molecule has 1 aromatic carbocycles. The minimum atomic E-state index is -1.01. The fourth-order valence-corrected chi connectivity index (χ4v) is 5.54. The lowest BCUT2D eigenvalue weighted by atomic mass is 9.91. The van der Waals surface area contributed by atoms with Crippen LogP contribution in [0.1, 0.15) is 54.6 Å². The van der Waals surface area contributed by atoms with E-state index in [0.717, 1.165) is 48.9 Å². The maximum absolute atomic E-state index is 14.3. The van der Waals surface area contributed by atoms with E-state index in [2.05, 4.69) is 30.8 Å². The molecule has 6 rings (SSSR count). The normalized spacial score (nSPS) is 18.2. The fraction of sp³-hybridized carbons (Fsp3) is 0.367. The van der Waals surface area contributed by atoms with Gasteiger partial charge in [-0.2, -0.15) is 0 Å². The Morgan fingerprint density at radius 3 is 2.49 bits per heavy atom. The lowest BCUT2D eigenvalue weighted by Gasteiger charge is -2.30. The summed E-state index contributed by atoms with van der Waals surface area (Å²) in [6.07, 6.45) is 7.88. The van der Waals surface area contributed by atoms with Gasteiger partial charge in [0.15, 0.2) is 17.2 Å². The average molecular weight is 589 g/mol. The molecule has 0 bridgehead atoms. The second-order valence-electron chi connectivity index (χ2n) is 11.0. The Balaban J connectivity index is 1.34. The molecule has 43 heavy (non-hydrogen) atoms. The summed E-state index contributed by atoms with van der Waals surface area (Å²) in [5, 5.41) is 22.5. The maximum Gasteiger partial charge on any atom is 0.404 e. The van der Waals surface area contributed by atoms with E-state index in [0.29, 0.717) is 36.9 Å². The Labute approximate surface area is 247 Å². The van der Waals surface area contributed by atoms with Crippen molar-refractivity contribution in [1.29, 1.82) is 0 Å². The van der Waals surface area contributed by atoms with Crippen LogP contribution in [0.3, 0.4) is 0 Å². The van der Waals surface area contributed by atoms with Crippen molar-refractivity contribution < 1.29 is 23.8 Å². The van der Waals surface area contributed by atoms with Crippen molar-refractivity contribution >= 4 is 34.8 Å². The molecule has 2 aliphatic carbocycles. The number of methoxy groups -OCH3 is 1. The van der Waals surface area contributed by atoms with Gasteiger partial charge in [-0.05, 0) is 62.3 Å². The monoisotopic (exact) mass is 588 g/mol. The van der Waals surface area contributed by atoms with Crippen molar-refractivity contribution in [3.05, 3.63) is 72.1 Å². The number of imidazole rings is 1. The van der Waals surface area contributed by atoms with Gasteiger partial charge in [0.25, 0.3) is 5.91 Å². The number of ether oxygens (including phenoxy) is 1. The molecule has 4 aromatic rings. The van der Waals surface area contributed by atoms with Crippen LogP contribution < -0.4 is 25.6 Å². The van der Waals surface area contributed by atoms with Crippen molar-refractivity contribution in [3.63, 3.8) is 0 Å². The number of carbonyl (C=O) groups excluding carboxylic acids is 1. The van der Waals surface area contributed by atoms with Gasteiger partial charge in [-0.25, -0.2) is 18.7 Å². The van der Waals surface area contributed by atoms with Gasteiger partial charge in [0.2, 0.25) is 0 Å². The van der Waals surface area contributed by atoms with Gasteiger partial charge >= 0.3 is 6.09 Å². The van der Waals surface area contributed by atoms with Gasteiger partial charge in [-0.1, -0.05) is 12.1 Å². The number of pyridine rings is 1. The Bertz CT molecular complexity index is 1620. The molecule has 2 amide bonds. The van der Waals surface area contributed by atoms with Gasteiger partial charge in [0.1, 0.15) is 11.6 Å². The first-order valence-electron chi connectivity index (χ1n) is 14.3. The molecule has 0 unspecified atom stereocenters. The molecule has 2 saturated carbocycles. The topological polar surface area (TPSA) is 146 Å². The second-order valence-corrected chi connectivity index (χ2v) is 11.0. The number of hydrogen-bond donors (Lipinski definition) is 4. The van der Waals surface area contributed by atoms with Gasteiger partial charge in [0, 0.05) is 36.9 Å². The van der Waals surface area contributed by atoms with E-state index < -0.39 is 17.8 Å². The van der Waals surface area contributed by atoms with Gasteiger partial charge in [-0.15, -0.1) is 5.10 Å². The standard InChI is InChI=1S/C30H33FN8O4/c1-43-22-10-2-18(3-11-22)17-38(21-8-9-21)25-14-27(34-19-4-6-20(7-5-19)35-30(41)42)37-39-26(16-33-28(25)39)29(40)36-24-12-13-32-15-23(24)31/h2-3,10-16,19-21,35H,4-9,17H2,1H3,(H,34,37)(H,41,42)(H,32,36,40)/t19-,20-. The van der Waals surface area contributed by atoms with E-state index in [-0.39, 0.29) is 23.5 Å². The number of amides is 2. The highest BCUT2D eigenvalue weighted by atomic mass is 19.1. The zero-order valence-corrected chi connectivity index (χ0v) is 23.7. The average Bonchev–Trinajstić information content (AvgIpc) is 3.76. The first-order valence-corrected chi connectivity index (χ1v) is 14.3. The minimum Gasteiger partial charge on any atom is -0.497 e. The van der Waals surface area contributed by atoms with Crippen LogP contribution in [0.15, 0.2) is 55.0 Å². The number of carbonyl (C=O) groups is 2. The summed E-state index contributed by atoms with van der Waals surface area (Å²) in [6, 6.07) is 11.6. The smallest absolute Gasteiger partial charge is 0.404 e. The highest BCUT2D eigenvalue weighted by Gasteiger charge is 2.32. The number of hydrogen-bond acceptors (Lipinski definition) is 8. The van der Waals surface area contributed by atoms with Crippen LogP contribution in [0.25, 0.3) is 5.65 Å². The Morgan fingerprint density at radius 1 is 1.07 bits per heavy atom. The fourth-order valence-electron chi connectivity index (χ4n) is 5.54. The van der Waals surface area contributed by atoms with Gasteiger partial charge in [0.05, 0.1) is 30.9 Å². The molecule has 0 atom stereocenters. The van der Waals surface area contributed by atoms with Crippen LogP contribution in [-0.2, 0) is 6.54 Å². The van der Waals surface area contributed by atoms with Crippen LogP contribution in [-0.4, -0.2) is 61.9 Å².